The lowest BCUT2D eigenvalue weighted by molar-refractivity contribution is 0.833. The van der Waals surface area contributed by atoms with Gasteiger partial charge in [0.2, 0.25) is 0 Å². The van der Waals surface area contributed by atoms with Crippen LogP contribution in [0.2, 0.25) is 0 Å². The predicted molar refractivity (Wildman–Crippen MR) is 219 cm³/mol. The van der Waals surface area contributed by atoms with Crippen LogP contribution in [0.15, 0.2) is 158 Å². The highest BCUT2D eigenvalue weighted by Gasteiger charge is 2.26. The van der Waals surface area contributed by atoms with Crippen LogP contribution < -0.4 is 0 Å². The monoisotopic (exact) mass is 656 g/mol. The molecule has 2 heteroatoms. The smallest absolute Gasteiger partial charge is 0.0547 e. The molecule has 0 spiro atoms. The molecule has 2 aromatic heterocycles. The lowest BCUT2D eigenvalue weighted by Crippen LogP contribution is -2.08. The Labute approximate surface area is 300 Å². The molecular formula is C49H40N2. The van der Waals surface area contributed by atoms with Crippen molar-refractivity contribution in [1.29, 1.82) is 0 Å². The van der Waals surface area contributed by atoms with Crippen molar-refractivity contribution in [3.8, 4) is 16.8 Å². The molecule has 0 atom stereocenters. The number of fused-ring (bicyclic) bond motifs is 6. The third-order valence-electron chi connectivity index (χ3n) is 10.7. The van der Waals surface area contributed by atoms with Gasteiger partial charge in [0.05, 0.1) is 11.0 Å². The number of benzene rings is 5. The van der Waals surface area contributed by atoms with Gasteiger partial charge < -0.3 is 9.13 Å². The summed E-state index contributed by atoms with van der Waals surface area (Å²) in [4.78, 5) is 0. The number of rotatable bonds is 7. The van der Waals surface area contributed by atoms with Crippen LogP contribution in [0.1, 0.15) is 53.4 Å². The van der Waals surface area contributed by atoms with Gasteiger partial charge in [0, 0.05) is 44.7 Å². The number of hydrogen-bond acceptors (Lipinski definition) is 0. The van der Waals surface area contributed by atoms with E-state index in [1.54, 1.807) is 0 Å². The average molecular weight is 657 g/mol. The van der Waals surface area contributed by atoms with E-state index >= 15 is 0 Å². The van der Waals surface area contributed by atoms with Gasteiger partial charge in [-0.3, -0.25) is 0 Å². The molecule has 0 bridgehead atoms. The SMILES string of the molecule is C=C(/C=C\C(=C/C)c1ccccc1)n1c2c(c3c1CCC(c1ccc4c5ccccc5n(-c5cccc(-c6ccccc6)c5)c4c1)=C3)C=CCC2. The summed E-state index contributed by atoms with van der Waals surface area (Å²) in [6, 6.07) is 46.1. The molecule has 0 radical (unpaired) electrons. The summed E-state index contributed by atoms with van der Waals surface area (Å²) in [6.45, 7) is 6.71. The van der Waals surface area contributed by atoms with Crippen molar-refractivity contribution in [2.24, 2.45) is 0 Å². The minimum absolute atomic E-state index is 0.976. The maximum atomic E-state index is 4.61. The molecule has 5 aromatic carbocycles. The maximum Gasteiger partial charge on any atom is 0.0547 e. The highest BCUT2D eigenvalue weighted by atomic mass is 15.0. The van der Waals surface area contributed by atoms with Gasteiger partial charge in [0.1, 0.15) is 0 Å². The van der Waals surface area contributed by atoms with Gasteiger partial charge in [0.25, 0.3) is 0 Å². The van der Waals surface area contributed by atoms with Gasteiger partial charge in [0.15, 0.2) is 0 Å². The quantitative estimate of drug-likeness (QED) is 0.151. The van der Waals surface area contributed by atoms with Crippen molar-refractivity contribution in [1.82, 2.24) is 9.13 Å². The molecule has 0 amide bonds. The Morgan fingerprint density at radius 2 is 1.37 bits per heavy atom. The Kier molecular flexibility index (Phi) is 7.86. The molecule has 2 heterocycles. The van der Waals surface area contributed by atoms with E-state index < -0.39 is 0 Å². The van der Waals surface area contributed by atoms with Gasteiger partial charge in [-0.05, 0) is 102 Å². The lowest BCUT2D eigenvalue weighted by Gasteiger charge is -2.19. The first-order chi connectivity index (χ1) is 25.2. The Balaban J connectivity index is 1.13. The Morgan fingerprint density at radius 3 is 2.22 bits per heavy atom. The van der Waals surface area contributed by atoms with E-state index in [0.717, 1.165) is 31.4 Å². The lowest BCUT2D eigenvalue weighted by atomic mass is 9.89. The normalized spacial score (nSPS) is 14.2. The number of aromatic nitrogens is 2. The summed E-state index contributed by atoms with van der Waals surface area (Å²) >= 11 is 0. The molecule has 9 rings (SSSR count). The standard InChI is InChI=1S/C49H40N2/c1-3-35(36-15-6-4-7-16-36)26-25-34(2)50-46-23-12-11-22-43(46)45-32-39(28-30-48(45)50)40-27-29-44-42-21-10-13-24-47(42)51(49(44)33-40)41-20-14-19-38(31-41)37-17-8-5-9-18-37/h3-11,13-22,24-27,29,31-33H,2,12,23,28,30H2,1H3/b26-25-,35-3+. The first kappa shape index (κ1) is 30.9. The molecule has 51 heavy (non-hydrogen) atoms. The third-order valence-corrected chi connectivity index (χ3v) is 10.7. The molecule has 0 aliphatic heterocycles. The molecular weight excluding hydrogens is 617 g/mol. The summed E-state index contributed by atoms with van der Waals surface area (Å²) in [5, 5.41) is 2.56. The second kappa shape index (κ2) is 13.0. The van der Waals surface area contributed by atoms with Crippen LogP contribution in [0.25, 0.3) is 67.6 Å². The van der Waals surface area contributed by atoms with Crippen LogP contribution in [-0.2, 0) is 12.8 Å². The number of allylic oxidation sites excluding steroid dienone is 7. The molecule has 0 saturated heterocycles. The molecule has 0 fully saturated rings. The van der Waals surface area contributed by atoms with Crippen LogP contribution in [0.4, 0.5) is 0 Å². The summed E-state index contributed by atoms with van der Waals surface area (Å²) in [5.41, 5.74) is 17.7. The minimum atomic E-state index is 0.976. The van der Waals surface area contributed by atoms with E-state index in [2.05, 4.69) is 186 Å². The average Bonchev–Trinajstić information content (AvgIpc) is 3.71. The number of hydrogen-bond donors (Lipinski definition) is 0. The number of nitrogens with zero attached hydrogens (tertiary/aromatic N) is 2. The second-order valence-electron chi connectivity index (χ2n) is 13.6. The fourth-order valence-corrected chi connectivity index (χ4v) is 8.20. The fraction of sp³-hybridized carbons (Fsp3) is 0.102. The van der Waals surface area contributed by atoms with Crippen LogP contribution in [0.5, 0.6) is 0 Å². The first-order valence-electron chi connectivity index (χ1n) is 18.1. The predicted octanol–water partition coefficient (Wildman–Crippen LogP) is 12.8. The zero-order chi connectivity index (χ0) is 34.3. The summed E-state index contributed by atoms with van der Waals surface area (Å²) in [7, 11) is 0. The van der Waals surface area contributed by atoms with Crippen LogP contribution in [0.3, 0.4) is 0 Å². The second-order valence-corrected chi connectivity index (χ2v) is 13.6. The van der Waals surface area contributed by atoms with Gasteiger partial charge in [-0.1, -0.05) is 134 Å². The molecule has 0 unspecified atom stereocenters. The van der Waals surface area contributed by atoms with Crippen molar-refractivity contribution >= 4 is 50.8 Å². The van der Waals surface area contributed by atoms with Gasteiger partial charge in [-0.2, -0.15) is 0 Å². The van der Waals surface area contributed by atoms with E-state index in [4.69, 9.17) is 0 Å². The van der Waals surface area contributed by atoms with Gasteiger partial charge in [-0.25, -0.2) is 0 Å². The first-order valence-corrected chi connectivity index (χ1v) is 18.1. The highest BCUT2D eigenvalue weighted by molar-refractivity contribution is 6.10. The zero-order valence-electron chi connectivity index (χ0n) is 29.0. The Bertz CT molecular complexity index is 2580. The Hall–Kier alpha value is -6.12. The largest absolute Gasteiger partial charge is 0.317 e. The fourth-order valence-electron chi connectivity index (χ4n) is 8.20. The van der Waals surface area contributed by atoms with E-state index in [1.807, 2.05) is 0 Å². The van der Waals surface area contributed by atoms with Crippen LogP contribution in [-0.4, -0.2) is 9.13 Å². The van der Waals surface area contributed by atoms with Crippen molar-refractivity contribution in [2.75, 3.05) is 0 Å². The molecule has 2 aliphatic carbocycles. The van der Waals surface area contributed by atoms with Crippen LogP contribution >= 0.6 is 0 Å². The van der Waals surface area contributed by atoms with E-state index in [-0.39, 0.29) is 0 Å². The molecule has 7 aromatic rings. The van der Waals surface area contributed by atoms with Gasteiger partial charge in [-0.15, -0.1) is 0 Å². The molecule has 2 aliphatic rings. The summed E-state index contributed by atoms with van der Waals surface area (Å²) in [5.74, 6) is 0. The molecule has 0 saturated carbocycles. The van der Waals surface area contributed by atoms with Gasteiger partial charge >= 0.3 is 0 Å². The highest BCUT2D eigenvalue weighted by Crippen LogP contribution is 2.41. The third kappa shape index (κ3) is 5.45. The van der Waals surface area contributed by atoms with Crippen molar-refractivity contribution in [2.45, 2.75) is 32.6 Å². The summed E-state index contributed by atoms with van der Waals surface area (Å²) in [6.07, 6.45) is 17.8. The van der Waals surface area contributed by atoms with Crippen molar-refractivity contribution < 1.29 is 0 Å². The molecule has 2 nitrogen and oxygen atoms in total. The number of para-hydroxylation sites is 1. The Morgan fingerprint density at radius 1 is 0.627 bits per heavy atom. The van der Waals surface area contributed by atoms with E-state index in [1.165, 1.54) is 83.4 Å². The zero-order valence-corrected chi connectivity index (χ0v) is 29.0. The van der Waals surface area contributed by atoms with Crippen molar-refractivity contribution in [3.05, 3.63) is 192 Å². The summed E-state index contributed by atoms with van der Waals surface area (Å²) < 4.78 is 4.90. The topological polar surface area (TPSA) is 9.86 Å². The van der Waals surface area contributed by atoms with E-state index in [0.29, 0.717) is 0 Å². The van der Waals surface area contributed by atoms with Crippen molar-refractivity contribution in [3.63, 3.8) is 0 Å². The molecule has 246 valence electrons. The minimum Gasteiger partial charge on any atom is -0.317 e. The maximum absolute atomic E-state index is 4.61. The van der Waals surface area contributed by atoms with Crippen LogP contribution in [0, 0.1) is 0 Å². The molecule has 0 N–H and O–H groups in total. The van der Waals surface area contributed by atoms with E-state index in [9.17, 15) is 0 Å².